The first-order valence-corrected chi connectivity index (χ1v) is 14.1. The largest absolute Gasteiger partial charge is 0.492 e. The Hall–Kier alpha value is -2.53. The Morgan fingerprint density at radius 1 is 1.00 bits per heavy atom. The van der Waals surface area contributed by atoms with Crippen molar-refractivity contribution in [3.63, 3.8) is 0 Å². The topological polar surface area (TPSA) is 56.2 Å². The summed E-state index contributed by atoms with van der Waals surface area (Å²) in [5, 5.41) is 3.98. The number of nitrogens with zero attached hydrogens (tertiary/aromatic N) is 2. The molecular weight excluding hydrogens is 470 g/mol. The molecule has 6 heteroatoms. The minimum absolute atomic E-state index is 0.0868. The smallest absolute Gasteiger partial charge is 0.226 e. The predicted molar refractivity (Wildman–Crippen MR) is 143 cm³/mol. The Balaban J connectivity index is 1.05. The minimum atomic E-state index is -0.0868. The molecule has 5 nitrogen and oxygen atoms in total. The summed E-state index contributed by atoms with van der Waals surface area (Å²) >= 11 is 6.19. The number of imidazole rings is 1. The van der Waals surface area contributed by atoms with Crippen LogP contribution in [0.3, 0.4) is 0 Å². The summed E-state index contributed by atoms with van der Waals surface area (Å²) in [6.07, 6.45) is 10.1. The summed E-state index contributed by atoms with van der Waals surface area (Å²) in [6, 6.07) is 15.9. The van der Waals surface area contributed by atoms with E-state index >= 15 is 0 Å². The minimum Gasteiger partial charge on any atom is -0.492 e. The van der Waals surface area contributed by atoms with Crippen LogP contribution in [0.4, 0.5) is 0 Å². The fourth-order valence-electron chi connectivity index (χ4n) is 7.55. The van der Waals surface area contributed by atoms with Crippen LogP contribution < -0.4 is 10.1 Å². The second kappa shape index (κ2) is 10.1. The van der Waals surface area contributed by atoms with Gasteiger partial charge in [-0.3, -0.25) is 4.79 Å². The van der Waals surface area contributed by atoms with Gasteiger partial charge in [0, 0.05) is 24.9 Å². The third kappa shape index (κ3) is 4.74. The van der Waals surface area contributed by atoms with Gasteiger partial charge in [-0.15, -0.1) is 0 Å². The fraction of sp³-hybridized carbons (Fsp3) is 0.533. The van der Waals surface area contributed by atoms with Crippen LogP contribution in [0.1, 0.15) is 57.2 Å². The number of nitrogens with one attached hydrogen (secondary N) is 1. The molecule has 0 atom stereocenters. The van der Waals surface area contributed by atoms with E-state index in [1.165, 1.54) is 19.3 Å². The van der Waals surface area contributed by atoms with E-state index in [9.17, 15) is 4.79 Å². The van der Waals surface area contributed by atoms with Gasteiger partial charge in [0.05, 0.1) is 22.7 Å². The van der Waals surface area contributed by atoms with Crippen molar-refractivity contribution in [3.05, 3.63) is 59.4 Å². The average Bonchev–Trinajstić information content (AvgIpc) is 3.21. The summed E-state index contributed by atoms with van der Waals surface area (Å²) in [5.74, 6) is 4.45. The molecule has 0 saturated heterocycles. The molecule has 1 heterocycles. The Kier molecular flexibility index (Phi) is 6.68. The molecule has 1 amide bonds. The van der Waals surface area contributed by atoms with Crippen LogP contribution in [0.2, 0.25) is 5.02 Å². The van der Waals surface area contributed by atoms with Crippen LogP contribution >= 0.6 is 11.6 Å². The first-order valence-electron chi connectivity index (χ1n) is 13.7. The molecule has 2 aromatic carbocycles. The van der Waals surface area contributed by atoms with Crippen LogP contribution in [-0.2, 0) is 17.8 Å². The van der Waals surface area contributed by atoms with Crippen LogP contribution in [0, 0.1) is 23.2 Å². The number of halogens is 1. The first-order chi connectivity index (χ1) is 17.6. The second-order valence-corrected chi connectivity index (χ2v) is 11.8. The lowest BCUT2D eigenvalue weighted by Crippen LogP contribution is -2.53. The number of aryl methyl sites for hydroxylation is 1. The number of carbonyl (C=O) groups is 1. The maximum atomic E-state index is 13.4. The number of ether oxygens (including phenoxy) is 1. The number of rotatable bonds is 10. The molecule has 4 aliphatic carbocycles. The number of amides is 1. The molecule has 0 radical (unpaired) electrons. The van der Waals surface area contributed by atoms with Gasteiger partial charge in [0.15, 0.2) is 0 Å². The molecule has 0 unspecified atom stereocenters. The van der Waals surface area contributed by atoms with E-state index in [0.29, 0.717) is 24.1 Å². The number of para-hydroxylation sites is 3. The van der Waals surface area contributed by atoms with Gasteiger partial charge in [0.1, 0.15) is 11.6 Å². The van der Waals surface area contributed by atoms with E-state index in [1.54, 1.807) is 0 Å². The highest BCUT2D eigenvalue weighted by Crippen LogP contribution is 2.60. The van der Waals surface area contributed by atoms with Gasteiger partial charge >= 0.3 is 0 Å². The van der Waals surface area contributed by atoms with E-state index in [2.05, 4.69) is 28.1 Å². The highest BCUT2D eigenvalue weighted by Gasteiger charge is 2.54. The maximum Gasteiger partial charge on any atom is 0.226 e. The predicted octanol–water partition coefficient (Wildman–Crippen LogP) is 6.42. The molecular formula is C30H36ClN3O2. The molecule has 7 rings (SSSR count). The number of aromatic nitrogens is 2. The monoisotopic (exact) mass is 505 g/mol. The number of fused-ring (bicyclic) bond motifs is 1. The molecule has 3 aromatic rings. The molecule has 4 bridgehead atoms. The van der Waals surface area contributed by atoms with Crippen molar-refractivity contribution in [1.82, 2.24) is 14.9 Å². The Labute approximate surface area is 218 Å². The number of carbonyl (C=O) groups excluding carboxylic acids is 1. The van der Waals surface area contributed by atoms with E-state index < -0.39 is 0 Å². The highest BCUT2D eigenvalue weighted by molar-refractivity contribution is 6.32. The SMILES string of the molecule is O=C(NCCc1nc2ccccc2n1CCCCOc1ccccc1Cl)C12CC3CC(CC(C3)C1)C2. The zero-order chi connectivity index (χ0) is 24.5. The lowest BCUT2D eigenvalue weighted by Gasteiger charge is -2.55. The number of hydrogen-bond acceptors (Lipinski definition) is 3. The summed E-state index contributed by atoms with van der Waals surface area (Å²) in [4.78, 5) is 18.3. The lowest BCUT2D eigenvalue weighted by atomic mass is 9.49. The molecule has 1 N–H and O–H groups in total. The number of benzene rings is 2. The van der Waals surface area contributed by atoms with Gasteiger partial charge in [-0.25, -0.2) is 4.98 Å². The molecule has 4 fully saturated rings. The summed E-state index contributed by atoms with van der Waals surface area (Å²) in [6.45, 7) is 2.16. The van der Waals surface area contributed by atoms with Crippen LogP contribution in [0.25, 0.3) is 11.0 Å². The van der Waals surface area contributed by atoms with Crippen LogP contribution in [-0.4, -0.2) is 28.6 Å². The third-order valence-corrected chi connectivity index (χ3v) is 9.07. The molecule has 0 aliphatic heterocycles. The van der Waals surface area contributed by atoms with E-state index in [1.807, 2.05) is 30.3 Å². The fourth-order valence-corrected chi connectivity index (χ4v) is 7.74. The standard InChI is InChI=1S/C30H36ClN3O2/c31-24-7-1-4-10-27(24)36-14-6-5-13-34-26-9-3-2-8-25(26)33-28(34)11-12-32-29(35)30-18-21-15-22(19-30)17-23(16-21)20-30/h1-4,7-10,21-23H,5-6,11-20H2,(H,32,35). The number of unbranched alkanes of at least 4 members (excludes halogenated alkanes) is 1. The maximum absolute atomic E-state index is 13.4. The zero-order valence-corrected chi connectivity index (χ0v) is 21.7. The van der Waals surface area contributed by atoms with E-state index in [-0.39, 0.29) is 5.41 Å². The third-order valence-electron chi connectivity index (χ3n) is 8.76. The van der Waals surface area contributed by atoms with Gasteiger partial charge in [-0.2, -0.15) is 0 Å². The molecule has 1 aromatic heterocycles. The van der Waals surface area contributed by atoms with E-state index in [0.717, 1.165) is 85.4 Å². The average molecular weight is 506 g/mol. The van der Waals surface area contributed by atoms with Gasteiger partial charge < -0.3 is 14.6 Å². The molecule has 36 heavy (non-hydrogen) atoms. The van der Waals surface area contributed by atoms with Gasteiger partial charge in [0.2, 0.25) is 5.91 Å². The zero-order valence-electron chi connectivity index (χ0n) is 20.9. The first kappa shape index (κ1) is 23.8. The Bertz CT molecular complexity index is 1200. The Morgan fingerprint density at radius 3 is 2.44 bits per heavy atom. The van der Waals surface area contributed by atoms with Crippen molar-refractivity contribution in [2.45, 2.75) is 64.3 Å². The molecule has 190 valence electrons. The number of hydrogen-bond donors (Lipinski definition) is 1. The normalized spacial score (nSPS) is 26.4. The molecule has 4 aliphatic rings. The van der Waals surface area contributed by atoms with Crippen molar-refractivity contribution < 1.29 is 9.53 Å². The molecule has 4 saturated carbocycles. The van der Waals surface area contributed by atoms with Crippen molar-refractivity contribution in [2.24, 2.45) is 23.2 Å². The van der Waals surface area contributed by atoms with Crippen LogP contribution in [0.5, 0.6) is 5.75 Å². The van der Waals surface area contributed by atoms with Crippen LogP contribution in [0.15, 0.2) is 48.5 Å². The quantitative estimate of drug-likeness (QED) is 0.323. The van der Waals surface area contributed by atoms with Crippen molar-refractivity contribution in [3.8, 4) is 5.75 Å². The summed E-state index contributed by atoms with van der Waals surface area (Å²) < 4.78 is 8.18. The van der Waals surface area contributed by atoms with E-state index in [4.69, 9.17) is 21.3 Å². The van der Waals surface area contributed by atoms with Gasteiger partial charge in [0.25, 0.3) is 0 Å². The van der Waals surface area contributed by atoms with Crippen molar-refractivity contribution in [2.75, 3.05) is 13.2 Å². The second-order valence-electron chi connectivity index (χ2n) is 11.4. The van der Waals surface area contributed by atoms with Crippen molar-refractivity contribution in [1.29, 1.82) is 0 Å². The molecule has 0 spiro atoms. The summed E-state index contributed by atoms with van der Waals surface area (Å²) in [5.41, 5.74) is 2.09. The summed E-state index contributed by atoms with van der Waals surface area (Å²) in [7, 11) is 0. The lowest BCUT2D eigenvalue weighted by molar-refractivity contribution is -0.146. The highest BCUT2D eigenvalue weighted by atomic mass is 35.5. The van der Waals surface area contributed by atoms with Crippen molar-refractivity contribution >= 4 is 28.5 Å². The Morgan fingerprint density at radius 2 is 1.69 bits per heavy atom. The van der Waals surface area contributed by atoms with Gasteiger partial charge in [-0.1, -0.05) is 35.9 Å². The van der Waals surface area contributed by atoms with Gasteiger partial charge in [-0.05, 0) is 93.4 Å².